The van der Waals surface area contributed by atoms with E-state index in [0.29, 0.717) is 26.2 Å². The van der Waals surface area contributed by atoms with Gasteiger partial charge in [-0.25, -0.2) is 4.79 Å². The van der Waals surface area contributed by atoms with Crippen LogP contribution in [0.5, 0.6) is 0 Å². The van der Waals surface area contributed by atoms with Crippen molar-refractivity contribution in [2.45, 2.75) is 20.0 Å². The van der Waals surface area contributed by atoms with Crippen LogP contribution in [0.15, 0.2) is 4.99 Å². The van der Waals surface area contributed by atoms with Gasteiger partial charge in [-0.3, -0.25) is 4.99 Å². The molecule has 8 nitrogen and oxygen atoms in total. The zero-order valence-electron chi connectivity index (χ0n) is 15.2. The van der Waals surface area contributed by atoms with Gasteiger partial charge in [-0.05, 0) is 20.9 Å². The predicted molar refractivity (Wildman–Crippen MR) is 93.4 cm³/mol. The molecule has 1 unspecified atom stereocenters. The topological polar surface area (TPSA) is 69.6 Å². The van der Waals surface area contributed by atoms with Crippen molar-refractivity contribution in [3.05, 3.63) is 0 Å². The highest BCUT2D eigenvalue weighted by atomic mass is 16.6. The van der Waals surface area contributed by atoms with Gasteiger partial charge in [0.1, 0.15) is 0 Å². The average Bonchev–Trinajstić information content (AvgIpc) is 2.59. The fourth-order valence-corrected chi connectivity index (χ4v) is 2.91. The minimum Gasteiger partial charge on any atom is -0.450 e. The number of carbonyl (C=O) groups is 1. The van der Waals surface area contributed by atoms with Crippen LogP contribution in [-0.2, 0) is 9.47 Å². The van der Waals surface area contributed by atoms with Gasteiger partial charge in [0.25, 0.3) is 0 Å². The van der Waals surface area contributed by atoms with E-state index in [2.05, 4.69) is 29.1 Å². The van der Waals surface area contributed by atoms with Crippen LogP contribution in [-0.4, -0.2) is 105 Å². The fourth-order valence-electron chi connectivity index (χ4n) is 2.91. The highest BCUT2D eigenvalue weighted by Crippen LogP contribution is 2.07. The smallest absolute Gasteiger partial charge is 0.409 e. The van der Waals surface area contributed by atoms with E-state index in [4.69, 9.17) is 14.5 Å². The van der Waals surface area contributed by atoms with Gasteiger partial charge in [0.05, 0.1) is 25.9 Å². The lowest BCUT2D eigenvalue weighted by Crippen LogP contribution is -2.54. The number of hydrogen-bond donors (Lipinski definition) is 1. The molecule has 0 aromatic heterocycles. The monoisotopic (exact) mass is 341 g/mol. The van der Waals surface area contributed by atoms with E-state index in [9.17, 15) is 4.79 Å². The zero-order valence-corrected chi connectivity index (χ0v) is 15.2. The van der Waals surface area contributed by atoms with Gasteiger partial charge in [0.2, 0.25) is 0 Å². The average molecular weight is 341 g/mol. The van der Waals surface area contributed by atoms with Crippen LogP contribution in [0.2, 0.25) is 0 Å². The van der Waals surface area contributed by atoms with Crippen molar-refractivity contribution in [2.75, 3.05) is 72.6 Å². The maximum Gasteiger partial charge on any atom is 0.409 e. The number of guanidine groups is 1. The summed E-state index contributed by atoms with van der Waals surface area (Å²) in [6.45, 7) is 11.3. The summed E-state index contributed by atoms with van der Waals surface area (Å²) in [6.07, 6.45) is -0.0732. The largest absolute Gasteiger partial charge is 0.450 e. The normalized spacial score (nSPS) is 23.3. The summed E-state index contributed by atoms with van der Waals surface area (Å²) in [7, 11) is 2.11. The van der Waals surface area contributed by atoms with Crippen molar-refractivity contribution in [1.82, 2.24) is 20.0 Å². The van der Waals surface area contributed by atoms with Crippen LogP contribution in [0.3, 0.4) is 0 Å². The molecular weight excluding hydrogens is 310 g/mol. The summed E-state index contributed by atoms with van der Waals surface area (Å²) in [5.41, 5.74) is 0. The number of nitrogens with zero attached hydrogens (tertiary/aromatic N) is 4. The second-order valence-corrected chi connectivity index (χ2v) is 6.12. The van der Waals surface area contributed by atoms with E-state index in [1.54, 1.807) is 4.90 Å². The molecular formula is C16H31N5O3. The maximum atomic E-state index is 11.8. The van der Waals surface area contributed by atoms with Crippen LogP contribution in [0.1, 0.15) is 13.8 Å². The van der Waals surface area contributed by atoms with Gasteiger partial charge in [0.15, 0.2) is 5.96 Å². The van der Waals surface area contributed by atoms with Crippen molar-refractivity contribution in [1.29, 1.82) is 0 Å². The first kappa shape index (κ1) is 18.8. The van der Waals surface area contributed by atoms with Crippen molar-refractivity contribution >= 4 is 12.1 Å². The summed E-state index contributed by atoms with van der Waals surface area (Å²) in [4.78, 5) is 22.8. The number of likely N-dealkylation sites (N-methyl/N-ethyl adjacent to an activating group) is 1. The van der Waals surface area contributed by atoms with E-state index >= 15 is 0 Å². The van der Waals surface area contributed by atoms with Crippen LogP contribution >= 0.6 is 0 Å². The Kier molecular flexibility index (Phi) is 7.58. The second kappa shape index (κ2) is 9.68. The van der Waals surface area contributed by atoms with Gasteiger partial charge >= 0.3 is 6.09 Å². The molecule has 0 aromatic rings. The van der Waals surface area contributed by atoms with Gasteiger partial charge in [-0.15, -0.1) is 0 Å². The van der Waals surface area contributed by atoms with Crippen molar-refractivity contribution in [3.8, 4) is 0 Å². The Morgan fingerprint density at radius 2 is 1.92 bits per heavy atom. The molecule has 1 atom stereocenters. The number of rotatable bonds is 4. The Labute approximate surface area is 144 Å². The molecule has 0 spiro atoms. The van der Waals surface area contributed by atoms with E-state index in [1.165, 1.54) is 0 Å². The van der Waals surface area contributed by atoms with Gasteiger partial charge < -0.3 is 29.5 Å². The number of morpholine rings is 1. The molecule has 24 heavy (non-hydrogen) atoms. The van der Waals surface area contributed by atoms with Crippen LogP contribution in [0.4, 0.5) is 4.79 Å². The standard InChI is InChI=1S/C16H31N5O3/c1-4-17-15(18-12-14-13-19(3)10-11-24-14)20-6-8-21(9-7-20)16(22)23-5-2/h14H,4-13H2,1-3H3,(H,17,18). The first-order valence-corrected chi connectivity index (χ1v) is 8.89. The molecule has 2 aliphatic heterocycles. The SMILES string of the molecule is CCNC(=NCC1CN(C)CCO1)N1CCN(C(=O)OCC)CC1. The molecule has 8 heteroatoms. The zero-order chi connectivity index (χ0) is 17.4. The lowest BCUT2D eigenvalue weighted by Gasteiger charge is -2.36. The fraction of sp³-hybridized carbons (Fsp3) is 0.875. The predicted octanol–water partition coefficient (Wildman–Crippen LogP) is 0.0566. The minimum atomic E-state index is -0.224. The van der Waals surface area contributed by atoms with Crippen LogP contribution in [0.25, 0.3) is 0 Å². The second-order valence-electron chi connectivity index (χ2n) is 6.12. The van der Waals surface area contributed by atoms with Crippen LogP contribution < -0.4 is 5.32 Å². The molecule has 2 saturated heterocycles. The molecule has 2 heterocycles. The highest BCUT2D eigenvalue weighted by Gasteiger charge is 2.24. The Hall–Kier alpha value is -1.54. The summed E-state index contributed by atoms with van der Waals surface area (Å²) in [5.74, 6) is 0.901. The summed E-state index contributed by atoms with van der Waals surface area (Å²) in [6, 6.07) is 0. The molecule has 0 bridgehead atoms. The number of hydrogen-bond acceptors (Lipinski definition) is 5. The van der Waals surface area contributed by atoms with Crippen molar-refractivity contribution in [2.24, 2.45) is 4.99 Å². The Morgan fingerprint density at radius 1 is 1.21 bits per heavy atom. The first-order valence-electron chi connectivity index (χ1n) is 8.89. The third-order valence-electron chi connectivity index (χ3n) is 4.23. The third-order valence-corrected chi connectivity index (χ3v) is 4.23. The molecule has 0 aromatic carbocycles. The molecule has 0 saturated carbocycles. The molecule has 1 amide bonds. The molecule has 138 valence electrons. The first-order chi connectivity index (χ1) is 11.6. The lowest BCUT2D eigenvalue weighted by atomic mass is 10.3. The molecule has 1 N–H and O–H groups in total. The van der Waals surface area contributed by atoms with Gasteiger partial charge in [-0.1, -0.05) is 0 Å². The van der Waals surface area contributed by atoms with E-state index in [-0.39, 0.29) is 12.2 Å². The van der Waals surface area contributed by atoms with Gasteiger partial charge in [0, 0.05) is 45.8 Å². The summed E-state index contributed by atoms with van der Waals surface area (Å²) in [5, 5.41) is 3.34. The molecule has 2 rings (SSSR count). The molecule has 0 aliphatic carbocycles. The number of carbonyl (C=O) groups excluding carboxylic acids is 1. The number of ether oxygens (including phenoxy) is 2. The Bertz CT molecular complexity index is 424. The molecule has 0 radical (unpaired) electrons. The number of piperazine rings is 1. The Balaban J connectivity index is 1.86. The third kappa shape index (κ3) is 5.52. The van der Waals surface area contributed by atoms with E-state index < -0.39 is 0 Å². The highest BCUT2D eigenvalue weighted by molar-refractivity contribution is 5.80. The minimum absolute atomic E-state index is 0.151. The van der Waals surface area contributed by atoms with Crippen molar-refractivity contribution in [3.63, 3.8) is 0 Å². The molecule has 2 aliphatic rings. The van der Waals surface area contributed by atoms with Crippen molar-refractivity contribution < 1.29 is 14.3 Å². The number of nitrogens with one attached hydrogen (secondary N) is 1. The van der Waals surface area contributed by atoms with E-state index in [1.807, 2.05) is 6.92 Å². The quantitative estimate of drug-likeness (QED) is 0.576. The summed E-state index contributed by atoms with van der Waals surface area (Å²) >= 11 is 0. The van der Waals surface area contributed by atoms with E-state index in [0.717, 1.165) is 45.3 Å². The van der Waals surface area contributed by atoms with Crippen LogP contribution in [0, 0.1) is 0 Å². The maximum absolute atomic E-state index is 11.8. The summed E-state index contributed by atoms with van der Waals surface area (Å²) < 4.78 is 10.8. The lowest BCUT2D eigenvalue weighted by molar-refractivity contribution is -0.0137. The Morgan fingerprint density at radius 3 is 2.54 bits per heavy atom. The van der Waals surface area contributed by atoms with Gasteiger partial charge in [-0.2, -0.15) is 0 Å². The number of aliphatic imine (C=N–C) groups is 1. The number of amides is 1. The molecule has 2 fully saturated rings.